The number of fused-ring (bicyclic) bond motifs is 1. The number of anilines is 1. The summed E-state index contributed by atoms with van der Waals surface area (Å²) in [6, 6.07) is 14.3. The van der Waals surface area contributed by atoms with Gasteiger partial charge in [-0.2, -0.15) is 0 Å². The third kappa shape index (κ3) is 5.16. The standard InChI is InChI=1S/C24H34N4O/c1-19(24(29)25-23-10-9-21-7-3-4-8-22(21)16-23)28-11-5-6-20(18-28)17-27-14-12-26(2)13-15-27/h3-4,7-10,16,19-20H,5-6,11-15,17-18H2,1-2H3,(H,25,29)/t19-,20-/m0/s1. The smallest absolute Gasteiger partial charge is 0.241 e. The average molecular weight is 395 g/mol. The maximum absolute atomic E-state index is 12.9. The lowest BCUT2D eigenvalue weighted by Crippen LogP contribution is -2.51. The summed E-state index contributed by atoms with van der Waals surface area (Å²) in [7, 11) is 2.20. The van der Waals surface area contributed by atoms with E-state index in [0.717, 1.165) is 24.2 Å². The molecule has 29 heavy (non-hydrogen) atoms. The predicted octanol–water partition coefficient (Wildman–Crippen LogP) is 3.13. The van der Waals surface area contributed by atoms with Crippen LogP contribution in [-0.2, 0) is 4.79 Å². The van der Waals surface area contributed by atoms with E-state index in [1.165, 1.54) is 51.0 Å². The van der Waals surface area contributed by atoms with Crippen molar-refractivity contribution >= 4 is 22.4 Å². The first-order chi connectivity index (χ1) is 14.1. The molecule has 2 aliphatic heterocycles. The minimum absolute atomic E-state index is 0.0977. The Morgan fingerprint density at radius 2 is 1.83 bits per heavy atom. The molecule has 2 aromatic carbocycles. The van der Waals surface area contributed by atoms with E-state index in [1.54, 1.807) is 0 Å². The van der Waals surface area contributed by atoms with Gasteiger partial charge in [-0.3, -0.25) is 9.69 Å². The van der Waals surface area contributed by atoms with Crippen LogP contribution in [0, 0.1) is 5.92 Å². The van der Waals surface area contributed by atoms with Crippen molar-refractivity contribution in [3.63, 3.8) is 0 Å². The molecule has 0 saturated carbocycles. The fraction of sp³-hybridized carbons (Fsp3) is 0.542. The number of nitrogens with one attached hydrogen (secondary N) is 1. The van der Waals surface area contributed by atoms with Crippen LogP contribution in [-0.4, -0.2) is 79.5 Å². The molecule has 0 unspecified atom stereocenters. The van der Waals surface area contributed by atoms with Crippen molar-refractivity contribution < 1.29 is 4.79 Å². The number of likely N-dealkylation sites (tertiary alicyclic amines) is 1. The highest BCUT2D eigenvalue weighted by molar-refractivity contribution is 5.97. The van der Waals surface area contributed by atoms with Crippen molar-refractivity contribution in [2.75, 3.05) is 58.2 Å². The highest BCUT2D eigenvalue weighted by Crippen LogP contribution is 2.22. The first-order valence-corrected chi connectivity index (χ1v) is 11.0. The van der Waals surface area contributed by atoms with E-state index in [2.05, 4.69) is 58.3 Å². The van der Waals surface area contributed by atoms with Crippen LogP contribution in [0.1, 0.15) is 19.8 Å². The van der Waals surface area contributed by atoms with Crippen LogP contribution >= 0.6 is 0 Å². The van der Waals surface area contributed by atoms with Crippen LogP contribution in [0.3, 0.4) is 0 Å². The molecule has 5 heteroatoms. The Bertz CT molecular complexity index is 830. The molecule has 2 aromatic rings. The summed E-state index contributed by atoms with van der Waals surface area (Å²) in [5.74, 6) is 0.767. The van der Waals surface area contributed by atoms with Gasteiger partial charge in [-0.05, 0) is 62.2 Å². The number of likely N-dealkylation sites (N-methyl/N-ethyl adjacent to an activating group) is 1. The third-order valence-electron chi connectivity index (χ3n) is 6.61. The Morgan fingerprint density at radius 3 is 2.62 bits per heavy atom. The first kappa shape index (κ1) is 20.3. The molecule has 2 fully saturated rings. The summed E-state index contributed by atoms with van der Waals surface area (Å²) in [6.07, 6.45) is 2.47. The minimum atomic E-state index is -0.100. The number of carbonyl (C=O) groups is 1. The fourth-order valence-electron chi connectivity index (χ4n) is 4.67. The van der Waals surface area contributed by atoms with Crippen LogP contribution < -0.4 is 5.32 Å². The Morgan fingerprint density at radius 1 is 1.07 bits per heavy atom. The lowest BCUT2D eigenvalue weighted by Gasteiger charge is -2.40. The van der Waals surface area contributed by atoms with Crippen LogP contribution in [0.4, 0.5) is 5.69 Å². The number of piperidine rings is 1. The molecule has 0 aliphatic carbocycles. The largest absolute Gasteiger partial charge is 0.325 e. The molecule has 1 N–H and O–H groups in total. The number of benzene rings is 2. The second-order valence-corrected chi connectivity index (χ2v) is 8.83. The zero-order valence-electron chi connectivity index (χ0n) is 17.8. The second-order valence-electron chi connectivity index (χ2n) is 8.83. The molecule has 0 bridgehead atoms. The van der Waals surface area contributed by atoms with E-state index >= 15 is 0 Å². The van der Waals surface area contributed by atoms with Gasteiger partial charge in [0.25, 0.3) is 0 Å². The maximum atomic E-state index is 12.9. The molecule has 156 valence electrons. The van der Waals surface area contributed by atoms with Crippen molar-refractivity contribution in [2.24, 2.45) is 5.92 Å². The summed E-state index contributed by atoms with van der Waals surface area (Å²) in [4.78, 5) is 20.3. The van der Waals surface area contributed by atoms with Crippen LogP contribution in [0.5, 0.6) is 0 Å². The highest BCUT2D eigenvalue weighted by atomic mass is 16.2. The fourth-order valence-corrected chi connectivity index (χ4v) is 4.67. The molecule has 0 spiro atoms. The quantitative estimate of drug-likeness (QED) is 0.846. The Hall–Kier alpha value is -1.95. The third-order valence-corrected chi connectivity index (χ3v) is 6.61. The van der Waals surface area contributed by atoms with E-state index < -0.39 is 0 Å². The summed E-state index contributed by atoms with van der Waals surface area (Å²) in [5, 5.41) is 5.49. The lowest BCUT2D eigenvalue weighted by molar-refractivity contribution is -0.121. The molecule has 1 amide bonds. The van der Waals surface area contributed by atoms with E-state index in [1.807, 2.05) is 18.2 Å². The predicted molar refractivity (Wildman–Crippen MR) is 120 cm³/mol. The summed E-state index contributed by atoms with van der Waals surface area (Å²) < 4.78 is 0. The van der Waals surface area contributed by atoms with Gasteiger partial charge in [0.15, 0.2) is 0 Å². The highest BCUT2D eigenvalue weighted by Gasteiger charge is 2.29. The van der Waals surface area contributed by atoms with Crippen LogP contribution in [0.2, 0.25) is 0 Å². The van der Waals surface area contributed by atoms with Crippen molar-refractivity contribution in [3.8, 4) is 0 Å². The van der Waals surface area contributed by atoms with E-state index in [0.29, 0.717) is 5.92 Å². The van der Waals surface area contributed by atoms with Crippen molar-refractivity contribution in [1.29, 1.82) is 0 Å². The van der Waals surface area contributed by atoms with Gasteiger partial charge in [-0.25, -0.2) is 0 Å². The number of hydrogen-bond donors (Lipinski definition) is 1. The molecule has 4 rings (SSSR count). The molecule has 2 saturated heterocycles. The zero-order chi connectivity index (χ0) is 20.2. The van der Waals surface area contributed by atoms with Gasteiger partial charge in [-0.1, -0.05) is 30.3 Å². The molecule has 2 heterocycles. The van der Waals surface area contributed by atoms with Gasteiger partial charge in [0.05, 0.1) is 6.04 Å². The Labute approximate surface area is 174 Å². The number of amides is 1. The van der Waals surface area contributed by atoms with Crippen molar-refractivity contribution in [3.05, 3.63) is 42.5 Å². The summed E-state index contributed by atoms with van der Waals surface area (Å²) in [5.41, 5.74) is 0.881. The number of carbonyl (C=O) groups excluding carboxylic acids is 1. The van der Waals surface area contributed by atoms with Crippen molar-refractivity contribution in [1.82, 2.24) is 14.7 Å². The summed E-state index contributed by atoms with van der Waals surface area (Å²) in [6.45, 7) is 9.94. The maximum Gasteiger partial charge on any atom is 0.241 e. The monoisotopic (exact) mass is 394 g/mol. The molecular formula is C24H34N4O. The number of rotatable bonds is 5. The SMILES string of the molecule is C[C@@H](C(=O)Nc1ccc2ccccc2c1)N1CCC[C@@H](CN2CCN(C)CC2)C1. The van der Waals surface area contributed by atoms with Crippen LogP contribution in [0.15, 0.2) is 42.5 Å². The van der Waals surface area contributed by atoms with Gasteiger partial charge in [0.1, 0.15) is 0 Å². The zero-order valence-corrected chi connectivity index (χ0v) is 17.8. The van der Waals surface area contributed by atoms with E-state index in [-0.39, 0.29) is 11.9 Å². The van der Waals surface area contributed by atoms with E-state index in [9.17, 15) is 4.79 Å². The first-order valence-electron chi connectivity index (χ1n) is 11.0. The van der Waals surface area contributed by atoms with Gasteiger partial charge < -0.3 is 15.1 Å². The molecule has 2 atom stereocenters. The molecule has 5 nitrogen and oxygen atoms in total. The van der Waals surface area contributed by atoms with Gasteiger partial charge in [0.2, 0.25) is 5.91 Å². The summed E-state index contributed by atoms with van der Waals surface area (Å²) >= 11 is 0. The van der Waals surface area contributed by atoms with Gasteiger partial charge in [-0.15, -0.1) is 0 Å². The second kappa shape index (κ2) is 9.24. The molecule has 2 aliphatic rings. The van der Waals surface area contributed by atoms with E-state index in [4.69, 9.17) is 0 Å². The Kier molecular flexibility index (Phi) is 6.48. The van der Waals surface area contributed by atoms with Gasteiger partial charge >= 0.3 is 0 Å². The normalized spacial score (nSPS) is 23.2. The van der Waals surface area contributed by atoms with Gasteiger partial charge in [0, 0.05) is 45.0 Å². The topological polar surface area (TPSA) is 38.8 Å². The average Bonchev–Trinajstić information content (AvgIpc) is 2.75. The Balaban J connectivity index is 1.32. The number of hydrogen-bond acceptors (Lipinski definition) is 4. The minimum Gasteiger partial charge on any atom is -0.325 e. The molecular weight excluding hydrogens is 360 g/mol. The van der Waals surface area contributed by atoms with Crippen molar-refractivity contribution in [2.45, 2.75) is 25.8 Å². The number of nitrogens with zero attached hydrogens (tertiary/aromatic N) is 3. The van der Waals surface area contributed by atoms with Crippen LogP contribution in [0.25, 0.3) is 10.8 Å². The molecule has 0 aromatic heterocycles. The number of piperazine rings is 1. The lowest BCUT2D eigenvalue weighted by atomic mass is 9.95. The molecule has 0 radical (unpaired) electrons.